The Balaban J connectivity index is 1.71. The first-order valence-corrected chi connectivity index (χ1v) is 7.73. The minimum atomic E-state index is 0.00555. The van der Waals surface area contributed by atoms with Crippen LogP contribution in [0.25, 0.3) is 0 Å². The zero-order valence-electron chi connectivity index (χ0n) is 13.5. The zero-order chi connectivity index (χ0) is 15.9. The highest BCUT2D eigenvalue weighted by molar-refractivity contribution is 5.93. The number of piperazine rings is 1. The van der Waals surface area contributed by atoms with Gasteiger partial charge in [-0.25, -0.2) is 0 Å². The summed E-state index contributed by atoms with van der Waals surface area (Å²) in [5, 5.41) is 2.86. The summed E-state index contributed by atoms with van der Waals surface area (Å²) in [5.41, 5.74) is 7.06. The van der Waals surface area contributed by atoms with Crippen molar-refractivity contribution in [2.45, 2.75) is 12.8 Å². The molecular formula is C16H26N4O2. The molecule has 6 heteroatoms. The lowest BCUT2D eigenvalue weighted by atomic mass is 10.2. The monoisotopic (exact) mass is 306 g/mol. The van der Waals surface area contributed by atoms with Crippen molar-refractivity contribution in [3.63, 3.8) is 0 Å². The van der Waals surface area contributed by atoms with Crippen LogP contribution in [0.15, 0.2) is 18.2 Å². The molecule has 122 valence electrons. The normalized spacial score (nSPS) is 16.5. The van der Waals surface area contributed by atoms with E-state index in [2.05, 4.69) is 22.2 Å². The lowest BCUT2D eigenvalue weighted by Crippen LogP contribution is -2.44. The average Bonchev–Trinajstić information content (AvgIpc) is 2.51. The number of likely N-dealkylation sites (N-methyl/N-ethyl adjacent to an activating group) is 1. The number of amides is 1. The van der Waals surface area contributed by atoms with Gasteiger partial charge in [-0.15, -0.1) is 0 Å². The van der Waals surface area contributed by atoms with Gasteiger partial charge in [0.05, 0.1) is 18.5 Å². The predicted molar refractivity (Wildman–Crippen MR) is 89.2 cm³/mol. The van der Waals surface area contributed by atoms with Crippen molar-refractivity contribution in [3.8, 4) is 5.75 Å². The summed E-state index contributed by atoms with van der Waals surface area (Å²) < 4.78 is 5.09. The van der Waals surface area contributed by atoms with Gasteiger partial charge in [0, 0.05) is 38.7 Å². The van der Waals surface area contributed by atoms with Gasteiger partial charge < -0.3 is 25.6 Å². The summed E-state index contributed by atoms with van der Waals surface area (Å²) in [6.07, 6.45) is 1.38. The summed E-state index contributed by atoms with van der Waals surface area (Å²) in [7, 11) is 3.73. The third-order valence-electron chi connectivity index (χ3n) is 4.01. The number of nitrogens with one attached hydrogen (secondary N) is 1. The molecule has 1 amide bonds. The smallest absolute Gasteiger partial charge is 0.224 e. The molecule has 0 radical (unpaired) electrons. The molecule has 1 saturated heterocycles. The van der Waals surface area contributed by atoms with Crippen molar-refractivity contribution < 1.29 is 9.53 Å². The molecule has 1 aromatic carbocycles. The third kappa shape index (κ3) is 4.89. The largest absolute Gasteiger partial charge is 0.497 e. The first-order chi connectivity index (χ1) is 10.6. The first kappa shape index (κ1) is 16.6. The number of methoxy groups -OCH3 is 1. The molecule has 0 spiro atoms. The minimum absolute atomic E-state index is 0.00555. The fourth-order valence-electron chi connectivity index (χ4n) is 2.53. The molecule has 3 N–H and O–H groups in total. The van der Waals surface area contributed by atoms with Crippen molar-refractivity contribution >= 4 is 17.3 Å². The van der Waals surface area contributed by atoms with Gasteiger partial charge in [-0.05, 0) is 32.1 Å². The van der Waals surface area contributed by atoms with Crippen LogP contribution in [0.2, 0.25) is 0 Å². The molecule has 0 bridgehead atoms. The van der Waals surface area contributed by atoms with Crippen LogP contribution in [0.4, 0.5) is 11.4 Å². The van der Waals surface area contributed by atoms with Gasteiger partial charge in [0.1, 0.15) is 5.75 Å². The Kier molecular flexibility index (Phi) is 6.03. The summed E-state index contributed by atoms with van der Waals surface area (Å²) >= 11 is 0. The number of benzene rings is 1. The SMILES string of the molecule is COc1ccc(NC(=O)CCCN2CCN(C)CC2)c(N)c1. The number of nitrogen functional groups attached to an aromatic ring is 1. The van der Waals surface area contributed by atoms with Crippen LogP contribution in [0.5, 0.6) is 5.75 Å². The lowest BCUT2D eigenvalue weighted by Gasteiger charge is -2.32. The van der Waals surface area contributed by atoms with Crippen LogP contribution >= 0.6 is 0 Å². The van der Waals surface area contributed by atoms with Gasteiger partial charge in [0.25, 0.3) is 0 Å². The van der Waals surface area contributed by atoms with E-state index in [1.54, 1.807) is 25.3 Å². The number of anilines is 2. The Morgan fingerprint density at radius 2 is 2.05 bits per heavy atom. The Hall–Kier alpha value is -1.79. The minimum Gasteiger partial charge on any atom is -0.497 e. The van der Waals surface area contributed by atoms with Crippen LogP contribution in [-0.2, 0) is 4.79 Å². The summed E-state index contributed by atoms with van der Waals surface area (Å²) in [6, 6.07) is 5.27. The van der Waals surface area contributed by atoms with Crippen molar-refractivity contribution in [2.24, 2.45) is 0 Å². The first-order valence-electron chi connectivity index (χ1n) is 7.73. The summed E-state index contributed by atoms with van der Waals surface area (Å²) in [5.74, 6) is 0.691. The van der Waals surface area contributed by atoms with Crippen LogP contribution in [0.3, 0.4) is 0 Å². The van der Waals surface area contributed by atoms with Crippen LogP contribution < -0.4 is 15.8 Å². The number of hydrogen-bond acceptors (Lipinski definition) is 5. The standard InChI is InChI=1S/C16H26N4O2/c1-19-8-10-20(11-9-19)7-3-4-16(21)18-15-6-5-13(22-2)12-14(15)17/h5-6,12H,3-4,7-11,17H2,1-2H3,(H,18,21). The molecule has 1 aliphatic heterocycles. The number of carbonyl (C=O) groups excluding carboxylic acids is 1. The van der Waals surface area contributed by atoms with Gasteiger partial charge in [0.2, 0.25) is 5.91 Å². The van der Waals surface area contributed by atoms with Gasteiger partial charge >= 0.3 is 0 Å². The molecule has 22 heavy (non-hydrogen) atoms. The van der Waals surface area contributed by atoms with E-state index in [1.807, 2.05) is 0 Å². The van der Waals surface area contributed by atoms with Crippen molar-refractivity contribution in [1.29, 1.82) is 0 Å². The maximum Gasteiger partial charge on any atom is 0.224 e. The van der Waals surface area contributed by atoms with E-state index in [0.717, 1.165) is 39.1 Å². The average molecular weight is 306 g/mol. The Labute approximate surface area is 132 Å². The second-order valence-corrected chi connectivity index (χ2v) is 5.75. The molecule has 1 fully saturated rings. The van der Waals surface area contributed by atoms with E-state index in [4.69, 9.17) is 10.5 Å². The third-order valence-corrected chi connectivity index (χ3v) is 4.01. The van der Waals surface area contributed by atoms with Gasteiger partial charge in [-0.2, -0.15) is 0 Å². The van der Waals surface area contributed by atoms with E-state index in [-0.39, 0.29) is 5.91 Å². The molecule has 1 aromatic rings. The summed E-state index contributed by atoms with van der Waals surface area (Å²) in [4.78, 5) is 16.7. The topological polar surface area (TPSA) is 70.8 Å². The second-order valence-electron chi connectivity index (χ2n) is 5.75. The van der Waals surface area contributed by atoms with Gasteiger partial charge in [-0.1, -0.05) is 0 Å². The Morgan fingerprint density at radius 3 is 2.68 bits per heavy atom. The molecule has 0 atom stereocenters. The Morgan fingerprint density at radius 1 is 1.32 bits per heavy atom. The number of carbonyl (C=O) groups is 1. The number of hydrogen-bond donors (Lipinski definition) is 2. The molecule has 1 heterocycles. The number of rotatable bonds is 6. The van der Waals surface area contributed by atoms with E-state index < -0.39 is 0 Å². The van der Waals surface area contributed by atoms with Crippen LogP contribution in [-0.4, -0.2) is 62.6 Å². The molecule has 6 nitrogen and oxygen atoms in total. The van der Waals surface area contributed by atoms with Gasteiger partial charge in [0.15, 0.2) is 0 Å². The van der Waals surface area contributed by atoms with Crippen molar-refractivity contribution in [1.82, 2.24) is 9.80 Å². The number of ether oxygens (including phenoxy) is 1. The predicted octanol–water partition coefficient (Wildman–Crippen LogP) is 1.24. The van der Waals surface area contributed by atoms with E-state index in [1.165, 1.54) is 0 Å². The Bertz CT molecular complexity index is 499. The van der Waals surface area contributed by atoms with Gasteiger partial charge in [-0.3, -0.25) is 4.79 Å². The van der Waals surface area contributed by atoms with Crippen LogP contribution in [0.1, 0.15) is 12.8 Å². The molecule has 0 unspecified atom stereocenters. The molecule has 0 aromatic heterocycles. The molecule has 0 aliphatic carbocycles. The van der Waals surface area contributed by atoms with E-state index in [0.29, 0.717) is 23.5 Å². The lowest BCUT2D eigenvalue weighted by molar-refractivity contribution is -0.116. The van der Waals surface area contributed by atoms with Crippen LogP contribution in [0, 0.1) is 0 Å². The number of nitrogens with two attached hydrogens (primary N) is 1. The maximum atomic E-state index is 12.0. The van der Waals surface area contributed by atoms with E-state index >= 15 is 0 Å². The highest BCUT2D eigenvalue weighted by Gasteiger charge is 2.13. The fourth-order valence-corrected chi connectivity index (χ4v) is 2.53. The van der Waals surface area contributed by atoms with Crippen molar-refractivity contribution in [3.05, 3.63) is 18.2 Å². The quantitative estimate of drug-likeness (QED) is 0.774. The molecule has 2 rings (SSSR count). The maximum absolute atomic E-state index is 12.0. The molecule has 1 aliphatic rings. The molecule has 0 saturated carbocycles. The zero-order valence-corrected chi connectivity index (χ0v) is 13.5. The molecular weight excluding hydrogens is 280 g/mol. The van der Waals surface area contributed by atoms with Crippen molar-refractivity contribution in [2.75, 3.05) is 57.9 Å². The summed E-state index contributed by atoms with van der Waals surface area (Å²) in [6.45, 7) is 5.36. The highest BCUT2D eigenvalue weighted by Crippen LogP contribution is 2.24. The second kappa shape index (κ2) is 8.00. The number of nitrogens with zero attached hydrogens (tertiary/aromatic N) is 2. The highest BCUT2D eigenvalue weighted by atomic mass is 16.5. The van der Waals surface area contributed by atoms with E-state index in [9.17, 15) is 4.79 Å². The fraction of sp³-hybridized carbons (Fsp3) is 0.562.